The van der Waals surface area contributed by atoms with Gasteiger partial charge in [-0.3, -0.25) is 0 Å². The molecule has 0 aromatic carbocycles. The van der Waals surface area contributed by atoms with Gasteiger partial charge in [-0.25, -0.2) is 0 Å². The van der Waals surface area contributed by atoms with Gasteiger partial charge in [-0.15, -0.1) is 0 Å². The van der Waals surface area contributed by atoms with Crippen LogP contribution in [0.5, 0.6) is 0 Å². The molecule has 18 heavy (non-hydrogen) atoms. The number of nitrogens with zero attached hydrogens (tertiary/aromatic N) is 2. The van der Waals surface area contributed by atoms with Crippen molar-refractivity contribution in [2.24, 2.45) is 5.92 Å². The number of hydrogen-bond donors (Lipinski definition) is 1. The van der Waals surface area contributed by atoms with E-state index >= 15 is 0 Å². The van der Waals surface area contributed by atoms with Crippen molar-refractivity contribution in [1.29, 1.82) is 0 Å². The zero-order valence-electron chi connectivity index (χ0n) is 11.5. The quantitative estimate of drug-likeness (QED) is 0.868. The first kappa shape index (κ1) is 13.5. The molecule has 2 heterocycles. The van der Waals surface area contributed by atoms with Gasteiger partial charge >= 0.3 is 0 Å². The van der Waals surface area contributed by atoms with Crippen LogP contribution in [0.1, 0.15) is 45.3 Å². The molecule has 1 N–H and O–H groups in total. The van der Waals surface area contributed by atoms with Gasteiger partial charge in [0.1, 0.15) is 6.61 Å². The number of aromatic nitrogens is 2. The molecule has 1 fully saturated rings. The maximum atomic E-state index is 5.41. The average molecular weight is 253 g/mol. The highest BCUT2D eigenvalue weighted by molar-refractivity contribution is 5.05. The average Bonchev–Trinajstić information content (AvgIpc) is 2.87. The van der Waals surface area contributed by atoms with Crippen LogP contribution in [0.3, 0.4) is 0 Å². The van der Waals surface area contributed by atoms with Crippen molar-refractivity contribution in [3.63, 3.8) is 0 Å². The Morgan fingerprint density at radius 1 is 1.50 bits per heavy atom. The fourth-order valence-corrected chi connectivity index (χ4v) is 2.41. The summed E-state index contributed by atoms with van der Waals surface area (Å²) >= 11 is 0. The normalized spacial score (nSPS) is 21.2. The van der Waals surface area contributed by atoms with E-state index in [1.54, 1.807) is 0 Å². The lowest BCUT2D eigenvalue weighted by molar-refractivity contribution is 0.126. The van der Waals surface area contributed by atoms with Crippen LogP contribution < -0.4 is 5.32 Å². The second-order valence-electron chi connectivity index (χ2n) is 5.42. The van der Waals surface area contributed by atoms with Crippen molar-refractivity contribution in [2.75, 3.05) is 19.7 Å². The van der Waals surface area contributed by atoms with Gasteiger partial charge in [0.25, 0.3) is 0 Å². The smallest absolute Gasteiger partial charge is 0.232 e. The summed E-state index contributed by atoms with van der Waals surface area (Å²) in [4.78, 5) is 4.46. The molecule has 1 aromatic rings. The van der Waals surface area contributed by atoms with Gasteiger partial charge in [0.2, 0.25) is 5.89 Å². The van der Waals surface area contributed by atoms with Crippen molar-refractivity contribution < 1.29 is 9.26 Å². The van der Waals surface area contributed by atoms with Crippen molar-refractivity contribution >= 4 is 0 Å². The molecule has 1 saturated heterocycles. The number of piperidine rings is 1. The van der Waals surface area contributed by atoms with E-state index in [4.69, 9.17) is 9.26 Å². The Bertz CT molecular complexity index is 370. The minimum Gasteiger partial charge on any atom is -0.374 e. The highest BCUT2D eigenvalue weighted by Crippen LogP contribution is 2.34. The summed E-state index contributed by atoms with van der Waals surface area (Å²) in [6.45, 7) is 9.56. The van der Waals surface area contributed by atoms with Gasteiger partial charge in [-0.1, -0.05) is 19.0 Å². The van der Waals surface area contributed by atoms with Crippen LogP contribution in [0.25, 0.3) is 0 Å². The van der Waals surface area contributed by atoms with E-state index in [1.165, 1.54) is 12.8 Å². The van der Waals surface area contributed by atoms with Gasteiger partial charge < -0.3 is 14.6 Å². The molecule has 5 nitrogen and oxygen atoms in total. The predicted octanol–water partition coefficient (Wildman–Crippen LogP) is 1.88. The maximum Gasteiger partial charge on any atom is 0.232 e. The molecule has 1 atom stereocenters. The zero-order valence-corrected chi connectivity index (χ0v) is 11.5. The summed E-state index contributed by atoms with van der Waals surface area (Å²) in [6.07, 6.45) is 2.43. The molecule has 1 aromatic heterocycles. The SMILES string of the molecule is CCOCc1noc(C(C)(C)C2CCCNC2)n1. The third-order valence-electron chi connectivity index (χ3n) is 3.77. The third-order valence-corrected chi connectivity index (χ3v) is 3.77. The predicted molar refractivity (Wildman–Crippen MR) is 68.2 cm³/mol. The number of nitrogens with one attached hydrogen (secondary N) is 1. The first-order valence-corrected chi connectivity index (χ1v) is 6.76. The fourth-order valence-electron chi connectivity index (χ4n) is 2.41. The number of ether oxygens (including phenoxy) is 1. The van der Waals surface area contributed by atoms with Crippen LogP contribution in [-0.4, -0.2) is 29.8 Å². The minimum atomic E-state index is -0.0785. The summed E-state index contributed by atoms with van der Waals surface area (Å²) < 4.78 is 10.7. The molecule has 0 radical (unpaired) electrons. The standard InChI is InChI=1S/C13H23N3O2/c1-4-17-9-11-15-12(18-16-11)13(2,3)10-6-5-7-14-8-10/h10,14H,4-9H2,1-3H3. The first-order valence-electron chi connectivity index (χ1n) is 6.76. The van der Waals surface area contributed by atoms with E-state index in [9.17, 15) is 0 Å². The Morgan fingerprint density at radius 2 is 2.33 bits per heavy atom. The number of rotatable bonds is 5. The zero-order chi connectivity index (χ0) is 13.0. The van der Waals surface area contributed by atoms with E-state index in [2.05, 4.69) is 29.3 Å². The van der Waals surface area contributed by atoms with Gasteiger partial charge in [-0.05, 0) is 38.8 Å². The van der Waals surface area contributed by atoms with Gasteiger partial charge in [-0.2, -0.15) is 4.98 Å². The topological polar surface area (TPSA) is 60.2 Å². The van der Waals surface area contributed by atoms with E-state index in [0.29, 0.717) is 25.0 Å². The molecule has 1 aliphatic heterocycles. The Morgan fingerprint density at radius 3 is 3.00 bits per heavy atom. The Balaban J connectivity index is 2.05. The summed E-state index contributed by atoms with van der Waals surface area (Å²) in [5.41, 5.74) is -0.0785. The highest BCUT2D eigenvalue weighted by Gasteiger charge is 2.37. The molecule has 0 spiro atoms. The molecular weight excluding hydrogens is 230 g/mol. The molecule has 1 unspecified atom stereocenters. The van der Waals surface area contributed by atoms with Gasteiger partial charge in [0.05, 0.1) is 0 Å². The van der Waals surface area contributed by atoms with Crippen LogP contribution in [0.2, 0.25) is 0 Å². The van der Waals surface area contributed by atoms with Crippen molar-refractivity contribution in [3.8, 4) is 0 Å². The lowest BCUT2D eigenvalue weighted by atomic mass is 9.75. The molecule has 0 aliphatic carbocycles. The molecule has 0 saturated carbocycles. The van der Waals surface area contributed by atoms with Crippen LogP contribution in [0.4, 0.5) is 0 Å². The summed E-state index contributed by atoms with van der Waals surface area (Å²) in [5.74, 6) is 1.92. The van der Waals surface area contributed by atoms with E-state index in [-0.39, 0.29) is 5.41 Å². The van der Waals surface area contributed by atoms with Crippen molar-refractivity contribution in [1.82, 2.24) is 15.5 Å². The van der Waals surface area contributed by atoms with E-state index < -0.39 is 0 Å². The Hall–Kier alpha value is -0.940. The second-order valence-corrected chi connectivity index (χ2v) is 5.42. The third kappa shape index (κ3) is 2.90. The van der Waals surface area contributed by atoms with E-state index in [0.717, 1.165) is 19.0 Å². The molecule has 0 bridgehead atoms. The van der Waals surface area contributed by atoms with E-state index in [1.807, 2.05) is 6.92 Å². The number of hydrogen-bond acceptors (Lipinski definition) is 5. The minimum absolute atomic E-state index is 0.0785. The van der Waals surface area contributed by atoms with Gasteiger partial charge in [0.15, 0.2) is 5.82 Å². The van der Waals surface area contributed by atoms with Crippen LogP contribution >= 0.6 is 0 Å². The lowest BCUT2D eigenvalue weighted by Crippen LogP contribution is -2.40. The highest BCUT2D eigenvalue weighted by atomic mass is 16.5. The summed E-state index contributed by atoms with van der Waals surface area (Å²) in [5, 5.41) is 7.42. The molecule has 5 heteroatoms. The second kappa shape index (κ2) is 5.80. The van der Waals surface area contributed by atoms with Gasteiger partial charge in [0, 0.05) is 12.0 Å². The van der Waals surface area contributed by atoms with Crippen molar-refractivity contribution in [3.05, 3.63) is 11.7 Å². The molecule has 102 valence electrons. The van der Waals surface area contributed by atoms with Crippen molar-refractivity contribution in [2.45, 2.75) is 45.6 Å². The monoisotopic (exact) mass is 253 g/mol. The van der Waals surface area contributed by atoms with Crippen LogP contribution in [-0.2, 0) is 16.8 Å². The largest absolute Gasteiger partial charge is 0.374 e. The lowest BCUT2D eigenvalue weighted by Gasteiger charge is -2.34. The maximum absolute atomic E-state index is 5.41. The molecule has 1 aliphatic rings. The first-order chi connectivity index (χ1) is 8.64. The molecular formula is C13H23N3O2. The molecule has 2 rings (SSSR count). The van der Waals surface area contributed by atoms with Crippen LogP contribution in [0.15, 0.2) is 4.52 Å². The Kier molecular flexibility index (Phi) is 4.35. The molecule has 0 amide bonds. The fraction of sp³-hybridized carbons (Fsp3) is 0.846. The summed E-state index contributed by atoms with van der Waals surface area (Å²) in [6, 6.07) is 0. The summed E-state index contributed by atoms with van der Waals surface area (Å²) in [7, 11) is 0. The Labute approximate surface area is 108 Å². The van der Waals surface area contributed by atoms with Crippen LogP contribution in [0, 0.1) is 5.92 Å².